The second-order valence-corrected chi connectivity index (χ2v) is 7.74. The Kier molecular flexibility index (Phi) is 6.12. The van der Waals surface area contributed by atoms with Crippen LogP contribution in [0.1, 0.15) is 18.4 Å². The van der Waals surface area contributed by atoms with Crippen LogP contribution in [0.4, 0.5) is 16.2 Å². The zero-order chi connectivity index (χ0) is 19.2. The fraction of sp³-hybridized carbons (Fsp3) is 0.435. The van der Waals surface area contributed by atoms with Crippen LogP contribution in [0, 0.1) is 0 Å². The van der Waals surface area contributed by atoms with Crippen molar-refractivity contribution in [1.29, 1.82) is 0 Å². The Morgan fingerprint density at radius 1 is 0.821 bits per heavy atom. The molecule has 28 heavy (non-hydrogen) atoms. The van der Waals surface area contributed by atoms with Gasteiger partial charge in [0.1, 0.15) is 0 Å². The third-order valence-electron chi connectivity index (χ3n) is 5.81. The third kappa shape index (κ3) is 4.84. The number of benzene rings is 2. The van der Waals surface area contributed by atoms with Crippen molar-refractivity contribution in [2.24, 2.45) is 0 Å². The van der Waals surface area contributed by atoms with Crippen molar-refractivity contribution >= 4 is 17.4 Å². The lowest BCUT2D eigenvalue weighted by atomic mass is 10.1. The summed E-state index contributed by atoms with van der Waals surface area (Å²) in [7, 11) is 0. The van der Waals surface area contributed by atoms with Gasteiger partial charge in [0.2, 0.25) is 0 Å². The van der Waals surface area contributed by atoms with Crippen molar-refractivity contribution in [3.63, 3.8) is 0 Å². The van der Waals surface area contributed by atoms with Crippen molar-refractivity contribution in [2.75, 3.05) is 56.0 Å². The van der Waals surface area contributed by atoms with E-state index < -0.39 is 0 Å². The van der Waals surface area contributed by atoms with Gasteiger partial charge >= 0.3 is 6.03 Å². The van der Waals surface area contributed by atoms with Gasteiger partial charge in [0.25, 0.3) is 0 Å². The van der Waals surface area contributed by atoms with Crippen molar-refractivity contribution in [3.05, 3.63) is 60.2 Å². The van der Waals surface area contributed by atoms with Gasteiger partial charge in [-0.25, -0.2) is 4.79 Å². The van der Waals surface area contributed by atoms with Gasteiger partial charge in [-0.1, -0.05) is 30.3 Å². The molecule has 2 aromatic rings. The minimum Gasteiger partial charge on any atom is -0.372 e. The molecule has 0 radical (unpaired) electrons. The maximum atomic E-state index is 12.6. The summed E-state index contributed by atoms with van der Waals surface area (Å²) in [5, 5.41) is 3.05. The Bertz CT molecular complexity index is 748. The lowest BCUT2D eigenvalue weighted by molar-refractivity contribution is 0.148. The molecule has 2 aliphatic heterocycles. The average molecular weight is 379 g/mol. The molecule has 0 bridgehead atoms. The monoisotopic (exact) mass is 378 g/mol. The molecular formula is C23H30N4O. The van der Waals surface area contributed by atoms with E-state index in [1.165, 1.54) is 24.1 Å². The molecule has 2 amide bonds. The van der Waals surface area contributed by atoms with Crippen LogP contribution in [-0.4, -0.2) is 61.6 Å². The Labute approximate surface area is 167 Å². The number of nitrogens with zero attached hydrogens (tertiary/aromatic N) is 3. The summed E-state index contributed by atoms with van der Waals surface area (Å²) < 4.78 is 0. The van der Waals surface area contributed by atoms with Crippen molar-refractivity contribution < 1.29 is 4.79 Å². The van der Waals surface area contributed by atoms with Gasteiger partial charge in [0.15, 0.2) is 0 Å². The summed E-state index contributed by atoms with van der Waals surface area (Å²) >= 11 is 0. The predicted molar refractivity (Wildman–Crippen MR) is 115 cm³/mol. The number of nitrogens with one attached hydrogen (secondary N) is 1. The van der Waals surface area contributed by atoms with Crippen molar-refractivity contribution in [2.45, 2.75) is 19.3 Å². The number of amides is 2. The van der Waals surface area contributed by atoms with Crippen LogP contribution in [0.5, 0.6) is 0 Å². The second-order valence-electron chi connectivity index (χ2n) is 7.74. The molecule has 0 unspecified atom stereocenters. The van der Waals surface area contributed by atoms with E-state index >= 15 is 0 Å². The highest BCUT2D eigenvalue weighted by Gasteiger charge is 2.21. The van der Waals surface area contributed by atoms with Gasteiger partial charge in [0.05, 0.1) is 0 Å². The van der Waals surface area contributed by atoms with E-state index in [0.717, 1.165) is 57.9 Å². The highest BCUT2D eigenvalue weighted by molar-refractivity contribution is 5.89. The summed E-state index contributed by atoms with van der Waals surface area (Å²) in [5.74, 6) is 0. The van der Waals surface area contributed by atoms with Crippen LogP contribution in [0.2, 0.25) is 0 Å². The van der Waals surface area contributed by atoms with Gasteiger partial charge in [-0.05, 0) is 49.1 Å². The number of rotatable bonds is 5. The summed E-state index contributed by atoms with van der Waals surface area (Å²) in [4.78, 5) is 19.4. The van der Waals surface area contributed by atoms with Crippen molar-refractivity contribution in [3.8, 4) is 0 Å². The first-order valence-corrected chi connectivity index (χ1v) is 10.5. The van der Waals surface area contributed by atoms with E-state index in [4.69, 9.17) is 0 Å². The first-order chi connectivity index (χ1) is 13.8. The smallest absolute Gasteiger partial charge is 0.321 e. The Hall–Kier alpha value is -2.53. The molecule has 1 N–H and O–H groups in total. The minimum atomic E-state index is 0.0108. The number of urea groups is 1. The molecule has 2 heterocycles. The molecule has 0 spiro atoms. The maximum Gasteiger partial charge on any atom is 0.321 e. The van der Waals surface area contributed by atoms with Crippen LogP contribution in [0.25, 0.3) is 0 Å². The number of hydrogen-bond donors (Lipinski definition) is 1. The van der Waals surface area contributed by atoms with Gasteiger partial charge in [-0.2, -0.15) is 0 Å². The van der Waals surface area contributed by atoms with E-state index in [9.17, 15) is 4.79 Å². The first kappa shape index (κ1) is 18.8. The number of hydrogen-bond acceptors (Lipinski definition) is 3. The Morgan fingerprint density at radius 3 is 2.18 bits per heavy atom. The Balaban J connectivity index is 1.21. The molecular weight excluding hydrogens is 348 g/mol. The predicted octanol–water partition coefficient (Wildman–Crippen LogP) is 3.68. The summed E-state index contributed by atoms with van der Waals surface area (Å²) in [6.45, 7) is 6.78. The molecule has 2 fully saturated rings. The lowest BCUT2D eigenvalue weighted by Gasteiger charge is -2.34. The third-order valence-corrected chi connectivity index (χ3v) is 5.81. The van der Waals surface area contributed by atoms with Gasteiger partial charge < -0.3 is 15.1 Å². The van der Waals surface area contributed by atoms with Crippen LogP contribution in [0.3, 0.4) is 0 Å². The van der Waals surface area contributed by atoms with Crippen LogP contribution in [-0.2, 0) is 6.42 Å². The molecule has 148 valence electrons. The zero-order valence-electron chi connectivity index (χ0n) is 16.5. The van der Waals surface area contributed by atoms with E-state index in [0.29, 0.717) is 0 Å². The molecule has 0 aromatic heterocycles. The van der Waals surface area contributed by atoms with Crippen LogP contribution in [0.15, 0.2) is 54.6 Å². The van der Waals surface area contributed by atoms with Gasteiger partial charge in [-0.3, -0.25) is 4.90 Å². The highest BCUT2D eigenvalue weighted by atomic mass is 16.2. The van der Waals surface area contributed by atoms with Crippen LogP contribution < -0.4 is 10.2 Å². The summed E-state index contributed by atoms with van der Waals surface area (Å²) in [6.07, 6.45) is 3.61. The van der Waals surface area contributed by atoms with E-state index in [-0.39, 0.29) is 6.03 Å². The fourth-order valence-electron chi connectivity index (χ4n) is 4.04. The largest absolute Gasteiger partial charge is 0.372 e. The zero-order valence-corrected chi connectivity index (χ0v) is 16.5. The molecule has 5 heteroatoms. The SMILES string of the molecule is O=C(Nc1ccc(N2CCCC2)cc1)N1CCN(CCc2ccccc2)CC1. The number of piperazine rings is 1. The number of carbonyl (C=O) groups is 1. The molecule has 5 nitrogen and oxygen atoms in total. The van der Waals surface area contributed by atoms with Crippen molar-refractivity contribution in [1.82, 2.24) is 9.80 Å². The summed E-state index contributed by atoms with van der Waals surface area (Å²) in [5.41, 5.74) is 3.50. The molecule has 2 saturated heterocycles. The van der Waals surface area contributed by atoms with Gasteiger partial charge in [0, 0.05) is 57.2 Å². The normalized spacial score (nSPS) is 17.7. The molecule has 4 rings (SSSR count). The standard InChI is InChI=1S/C23H30N4O/c28-23(24-21-8-10-22(11-9-21)26-13-4-5-14-26)27-18-16-25(17-19-27)15-12-20-6-2-1-3-7-20/h1-3,6-11H,4-5,12-19H2,(H,24,28). The Morgan fingerprint density at radius 2 is 1.50 bits per heavy atom. The molecule has 0 atom stereocenters. The van der Waals surface area contributed by atoms with E-state index in [1.807, 2.05) is 17.0 Å². The lowest BCUT2D eigenvalue weighted by Crippen LogP contribution is -2.50. The average Bonchev–Trinajstić information content (AvgIpc) is 3.29. The molecule has 0 saturated carbocycles. The van der Waals surface area contributed by atoms with Crippen LogP contribution >= 0.6 is 0 Å². The summed E-state index contributed by atoms with van der Waals surface area (Å²) in [6, 6.07) is 18.9. The molecule has 2 aliphatic rings. The fourth-order valence-corrected chi connectivity index (χ4v) is 4.04. The number of anilines is 2. The first-order valence-electron chi connectivity index (χ1n) is 10.5. The maximum absolute atomic E-state index is 12.6. The topological polar surface area (TPSA) is 38.8 Å². The van der Waals surface area contributed by atoms with E-state index in [1.54, 1.807) is 0 Å². The number of carbonyl (C=O) groups excluding carboxylic acids is 1. The molecule has 2 aromatic carbocycles. The second kappa shape index (κ2) is 9.11. The van der Waals surface area contributed by atoms with E-state index in [2.05, 4.69) is 57.6 Å². The molecule has 0 aliphatic carbocycles. The highest BCUT2D eigenvalue weighted by Crippen LogP contribution is 2.22. The minimum absolute atomic E-state index is 0.0108. The quantitative estimate of drug-likeness (QED) is 0.863. The van der Waals surface area contributed by atoms with Gasteiger partial charge in [-0.15, -0.1) is 0 Å².